The Morgan fingerprint density at radius 3 is 2.84 bits per heavy atom. The van der Waals surface area contributed by atoms with Gasteiger partial charge in [0, 0.05) is 31.5 Å². The lowest BCUT2D eigenvalue weighted by atomic mass is 10.1. The Morgan fingerprint density at radius 2 is 2.16 bits per heavy atom. The Labute approximate surface area is 154 Å². The van der Waals surface area contributed by atoms with E-state index in [0.717, 1.165) is 19.4 Å². The lowest BCUT2D eigenvalue weighted by Crippen LogP contribution is -2.34. The van der Waals surface area contributed by atoms with E-state index in [4.69, 9.17) is 9.15 Å². The van der Waals surface area contributed by atoms with Crippen LogP contribution in [-0.4, -0.2) is 43.0 Å². The minimum atomic E-state index is -0.372. The van der Waals surface area contributed by atoms with Crippen LogP contribution in [0.2, 0.25) is 0 Å². The number of hydrogen-bond acceptors (Lipinski definition) is 4. The van der Waals surface area contributed by atoms with Gasteiger partial charge in [0.05, 0.1) is 6.10 Å². The number of carbonyl (C=O) groups is 2. The standard InChI is InChI=1S/C18H19BrN2O4/c1-21(11-14-6-3-9-24-14)18(23)12-4-2-5-13(10-12)20-17(22)15-7-8-16(19)25-15/h2,4-5,7-8,10,14H,3,6,9,11H2,1H3,(H,20,22). The molecule has 132 valence electrons. The van der Waals surface area contributed by atoms with Crippen LogP contribution in [0.1, 0.15) is 33.8 Å². The average Bonchev–Trinajstić information content (AvgIpc) is 3.26. The SMILES string of the molecule is CN(CC1CCCO1)C(=O)c1cccc(NC(=O)c2ccc(Br)o2)c1. The van der Waals surface area contributed by atoms with Gasteiger partial charge in [-0.2, -0.15) is 0 Å². The molecule has 1 unspecified atom stereocenters. The molecular weight excluding hydrogens is 388 g/mol. The van der Waals surface area contributed by atoms with E-state index < -0.39 is 0 Å². The molecular formula is C18H19BrN2O4. The Kier molecular flexibility index (Phi) is 5.55. The number of rotatable bonds is 5. The molecule has 0 aliphatic carbocycles. The number of ether oxygens (including phenoxy) is 1. The van der Waals surface area contributed by atoms with Crippen molar-refractivity contribution in [2.75, 3.05) is 25.5 Å². The molecule has 0 spiro atoms. The summed E-state index contributed by atoms with van der Waals surface area (Å²) in [5.74, 6) is -0.283. The van der Waals surface area contributed by atoms with Gasteiger partial charge in [-0.15, -0.1) is 0 Å². The molecule has 1 aliphatic heterocycles. The summed E-state index contributed by atoms with van der Waals surface area (Å²) in [6.07, 6.45) is 2.12. The molecule has 1 fully saturated rings. The number of nitrogens with zero attached hydrogens (tertiary/aromatic N) is 1. The smallest absolute Gasteiger partial charge is 0.291 e. The zero-order valence-corrected chi connectivity index (χ0v) is 15.4. The fourth-order valence-corrected chi connectivity index (χ4v) is 3.06. The lowest BCUT2D eigenvalue weighted by Gasteiger charge is -2.21. The maximum Gasteiger partial charge on any atom is 0.291 e. The van der Waals surface area contributed by atoms with E-state index in [0.29, 0.717) is 22.5 Å². The summed E-state index contributed by atoms with van der Waals surface area (Å²) in [6.45, 7) is 1.33. The van der Waals surface area contributed by atoms with Gasteiger partial charge in [-0.3, -0.25) is 9.59 Å². The highest BCUT2D eigenvalue weighted by Crippen LogP contribution is 2.18. The molecule has 1 aliphatic rings. The van der Waals surface area contributed by atoms with Crippen molar-refractivity contribution in [2.24, 2.45) is 0 Å². The number of anilines is 1. The molecule has 0 radical (unpaired) electrons. The van der Waals surface area contributed by atoms with Crippen molar-refractivity contribution in [1.29, 1.82) is 0 Å². The van der Waals surface area contributed by atoms with Crippen molar-refractivity contribution in [2.45, 2.75) is 18.9 Å². The van der Waals surface area contributed by atoms with Crippen LogP contribution >= 0.6 is 15.9 Å². The van der Waals surface area contributed by atoms with Crippen LogP contribution in [0.4, 0.5) is 5.69 Å². The highest BCUT2D eigenvalue weighted by atomic mass is 79.9. The number of nitrogens with one attached hydrogen (secondary N) is 1. The molecule has 1 aromatic carbocycles. The maximum absolute atomic E-state index is 12.6. The summed E-state index contributed by atoms with van der Waals surface area (Å²) in [7, 11) is 1.76. The number of carbonyl (C=O) groups excluding carboxylic acids is 2. The fraction of sp³-hybridized carbons (Fsp3) is 0.333. The van der Waals surface area contributed by atoms with E-state index in [1.807, 2.05) is 0 Å². The van der Waals surface area contributed by atoms with Crippen LogP contribution in [0, 0.1) is 0 Å². The second-order valence-corrected chi connectivity index (χ2v) is 6.74. The molecule has 0 bridgehead atoms. The van der Waals surface area contributed by atoms with Gasteiger partial charge in [0.25, 0.3) is 11.8 Å². The Balaban J connectivity index is 1.65. The summed E-state index contributed by atoms with van der Waals surface area (Å²) >= 11 is 3.16. The van der Waals surface area contributed by atoms with E-state index in [1.54, 1.807) is 48.3 Å². The third-order valence-corrected chi connectivity index (χ3v) is 4.44. The summed E-state index contributed by atoms with van der Waals surface area (Å²) < 4.78 is 11.3. The van der Waals surface area contributed by atoms with E-state index in [-0.39, 0.29) is 23.7 Å². The molecule has 1 aromatic heterocycles. The maximum atomic E-state index is 12.6. The van der Waals surface area contributed by atoms with Crippen LogP contribution in [0.3, 0.4) is 0 Å². The van der Waals surface area contributed by atoms with Crippen molar-refractivity contribution in [1.82, 2.24) is 4.90 Å². The van der Waals surface area contributed by atoms with Gasteiger partial charge in [0.15, 0.2) is 10.4 Å². The van der Waals surface area contributed by atoms with Gasteiger partial charge in [-0.1, -0.05) is 6.07 Å². The average molecular weight is 407 g/mol. The van der Waals surface area contributed by atoms with E-state index >= 15 is 0 Å². The predicted molar refractivity (Wildman–Crippen MR) is 96.7 cm³/mol. The van der Waals surface area contributed by atoms with Gasteiger partial charge in [0.2, 0.25) is 0 Å². The van der Waals surface area contributed by atoms with Crippen LogP contribution in [0.15, 0.2) is 45.5 Å². The normalized spacial score (nSPS) is 16.6. The van der Waals surface area contributed by atoms with Crippen molar-refractivity contribution in [3.05, 3.63) is 52.4 Å². The number of benzene rings is 1. The predicted octanol–water partition coefficient (Wildman–Crippen LogP) is 3.55. The number of furan rings is 1. The molecule has 2 aromatic rings. The van der Waals surface area contributed by atoms with Crippen LogP contribution in [0.25, 0.3) is 0 Å². The van der Waals surface area contributed by atoms with Crippen LogP contribution in [-0.2, 0) is 4.74 Å². The topological polar surface area (TPSA) is 71.8 Å². The monoisotopic (exact) mass is 406 g/mol. The second-order valence-electron chi connectivity index (χ2n) is 5.96. The minimum absolute atomic E-state index is 0.104. The van der Waals surface area contributed by atoms with Gasteiger partial charge in [-0.05, 0) is 59.1 Å². The number of amides is 2. The third-order valence-electron chi connectivity index (χ3n) is 4.01. The first-order valence-electron chi connectivity index (χ1n) is 8.07. The minimum Gasteiger partial charge on any atom is -0.444 e. The molecule has 2 heterocycles. The molecule has 1 N–H and O–H groups in total. The first kappa shape index (κ1) is 17.7. The quantitative estimate of drug-likeness (QED) is 0.823. The van der Waals surface area contributed by atoms with Crippen molar-refractivity contribution >= 4 is 33.4 Å². The number of likely N-dealkylation sites (N-methyl/N-ethyl adjacent to an activating group) is 1. The molecule has 7 heteroatoms. The number of halogens is 1. The molecule has 0 saturated carbocycles. The van der Waals surface area contributed by atoms with Crippen LogP contribution in [0.5, 0.6) is 0 Å². The summed E-state index contributed by atoms with van der Waals surface area (Å²) in [4.78, 5) is 26.4. The Morgan fingerprint density at radius 1 is 1.32 bits per heavy atom. The summed E-state index contributed by atoms with van der Waals surface area (Å²) in [5.41, 5.74) is 1.05. The summed E-state index contributed by atoms with van der Waals surface area (Å²) in [5, 5.41) is 2.73. The fourth-order valence-electron chi connectivity index (χ4n) is 2.76. The highest BCUT2D eigenvalue weighted by Gasteiger charge is 2.21. The molecule has 3 rings (SSSR count). The Bertz CT molecular complexity index is 768. The highest BCUT2D eigenvalue weighted by molar-refractivity contribution is 9.10. The van der Waals surface area contributed by atoms with Gasteiger partial charge in [-0.25, -0.2) is 0 Å². The second kappa shape index (κ2) is 7.84. The molecule has 1 atom stereocenters. The van der Waals surface area contributed by atoms with Gasteiger partial charge in [0.1, 0.15) is 0 Å². The molecule has 2 amide bonds. The molecule has 25 heavy (non-hydrogen) atoms. The zero-order valence-electron chi connectivity index (χ0n) is 13.8. The van der Waals surface area contributed by atoms with Gasteiger partial charge < -0.3 is 19.4 Å². The molecule has 1 saturated heterocycles. The largest absolute Gasteiger partial charge is 0.444 e. The van der Waals surface area contributed by atoms with Crippen molar-refractivity contribution in [3.63, 3.8) is 0 Å². The summed E-state index contributed by atoms with van der Waals surface area (Å²) in [6, 6.07) is 10.1. The van der Waals surface area contributed by atoms with Crippen molar-refractivity contribution in [3.8, 4) is 0 Å². The van der Waals surface area contributed by atoms with Gasteiger partial charge >= 0.3 is 0 Å². The first-order chi connectivity index (χ1) is 12.0. The number of hydrogen-bond donors (Lipinski definition) is 1. The van der Waals surface area contributed by atoms with Crippen molar-refractivity contribution < 1.29 is 18.7 Å². The third kappa shape index (κ3) is 4.49. The lowest BCUT2D eigenvalue weighted by molar-refractivity contribution is 0.0587. The van der Waals surface area contributed by atoms with Crippen LogP contribution < -0.4 is 5.32 Å². The van der Waals surface area contributed by atoms with E-state index in [9.17, 15) is 9.59 Å². The first-order valence-corrected chi connectivity index (χ1v) is 8.86. The van der Waals surface area contributed by atoms with E-state index in [2.05, 4.69) is 21.2 Å². The molecule has 6 nitrogen and oxygen atoms in total. The zero-order chi connectivity index (χ0) is 17.8. The Hall–Kier alpha value is -2.12. The van der Waals surface area contributed by atoms with E-state index in [1.165, 1.54) is 0 Å².